The van der Waals surface area contributed by atoms with Gasteiger partial charge in [-0.3, -0.25) is 9.78 Å². The van der Waals surface area contributed by atoms with Crippen molar-refractivity contribution in [2.24, 2.45) is 0 Å². The average Bonchev–Trinajstić information content (AvgIpc) is 2.30. The summed E-state index contributed by atoms with van der Waals surface area (Å²) in [4.78, 5) is 26.6. The number of aromatic nitrogens is 1. The summed E-state index contributed by atoms with van der Waals surface area (Å²) < 4.78 is 4.72. The molecule has 90 valence electrons. The van der Waals surface area contributed by atoms with Gasteiger partial charge in [0, 0.05) is 18.0 Å². The Morgan fingerprint density at radius 3 is 2.82 bits per heavy atom. The van der Waals surface area contributed by atoms with Crippen molar-refractivity contribution < 1.29 is 14.3 Å². The molecular weight excluding hydrogens is 220 g/mol. The first-order chi connectivity index (χ1) is 8.13. The first kappa shape index (κ1) is 12.9. The van der Waals surface area contributed by atoms with Crippen LogP contribution in [-0.2, 0) is 9.53 Å². The van der Waals surface area contributed by atoms with Crippen LogP contribution >= 0.6 is 0 Å². The third kappa shape index (κ3) is 4.46. The Balaban J connectivity index is 2.60. The summed E-state index contributed by atoms with van der Waals surface area (Å²) in [5, 5.41) is 2.54. The van der Waals surface area contributed by atoms with Gasteiger partial charge in [0.1, 0.15) is 5.69 Å². The highest BCUT2D eigenvalue weighted by Gasteiger charge is 2.07. The summed E-state index contributed by atoms with van der Waals surface area (Å²) in [7, 11) is 0. The Hall–Kier alpha value is -2.17. The lowest BCUT2D eigenvalue weighted by atomic mass is 10.3. The lowest BCUT2D eigenvalue weighted by Crippen LogP contribution is -2.23. The number of hydrogen-bond acceptors (Lipinski definition) is 4. The molecule has 0 bridgehead atoms. The zero-order chi connectivity index (χ0) is 12.7. The standard InChI is InChI=1S/C12H14N2O3/c1-3-17-11(15)8-9(2)14-12(16)10-6-4-5-7-13-10/h4-8H,3H2,1-2H3,(H,14,16)/b9-8-. The monoisotopic (exact) mass is 234 g/mol. The molecule has 17 heavy (non-hydrogen) atoms. The zero-order valence-corrected chi connectivity index (χ0v) is 9.77. The first-order valence-electron chi connectivity index (χ1n) is 5.21. The smallest absolute Gasteiger partial charge is 0.332 e. The molecule has 0 unspecified atom stereocenters. The predicted octanol–water partition coefficient (Wildman–Crippen LogP) is 1.28. The second-order valence-electron chi connectivity index (χ2n) is 3.25. The van der Waals surface area contributed by atoms with Crippen molar-refractivity contribution in [1.82, 2.24) is 10.3 Å². The van der Waals surface area contributed by atoms with Crippen LogP contribution in [0.15, 0.2) is 36.2 Å². The normalized spacial score (nSPS) is 10.8. The van der Waals surface area contributed by atoms with Gasteiger partial charge >= 0.3 is 5.97 Å². The molecule has 0 spiro atoms. The van der Waals surface area contributed by atoms with Crippen molar-refractivity contribution >= 4 is 11.9 Å². The van der Waals surface area contributed by atoms with Gasteiger partial charge in [-0.2, -0.15) is 0 Å². The maximum Gasteiger partial charge on any atom is 0.332 e. The van der Waals surface area contributed by atoms with Crippen LogP contribution in [0.5, 0.6) is 0 Å². The molecule has 0 aliphatic carbocycles. The number of amides is 1. The van der Waals surface area contributed by atoms with E-state index in [1.165, 1.54) is 12.3 Å². The van der Waals surface area contributed by atoms with Crippen LogP contribution in [0.2, 0.25) is 0 Å². The molecule has 0 aliphatic rings. The lowest BCUT2D eigenvalue weighted by Gasteiger charge is -2.04. The summed E-state index contributed by atoms with van der Waals surface area (Å²) in [5.41, 5.74) is 0.711. The highest BCUT2D eigenvalue weighted by molar-refractivity contribution is 5.94. The topological polar surface area (TPSA) is 68.3 Å². The molecule has 0 saturated heterocycles. The number of nitrogens with zero attached hydrogens (tertiary/aromatic N) is 1. The molecule has 0 saturated carbocycles. The minimum Gasteiger partial charge on any atom is -0.463 e. The van der Waals surface area contributed by atoms with E-state index in [0.29, 0.717) is 18.0 Å². The second-order valence-corrected chi connectivity index (χ2v) is 3.25. The van der Waals surface area contributed by atoms with Crippen LogP contribution in [0, 0.1) is 0 Å². The number of pyridine rings is 1. The Bertz CT molecular complexity index is 427. The van der Waals surface area contributed by atoms with Gasteiger partial charge < -0.3 is 10.1 Å². The maximum absolute atomic E-state index is 11.6. The third-order valence-corrected chi connectivity index (χ3v) is 1.83. The van der Waals surface area contributed by atoms with Crippen LogP contribution in [0.3, 0.4) is 0 Å². The molecule has 5 nitrogen and oxygen atoms in total. The fourth-order valence-corrected chi connectivity index (χ4v) is 1.14. The van der Waals surface area contributed by atoms with Gasteiger partial charge in [0.05, 0.1) is 6.61 Å². The summed E-state index contributed by atoms with van der Waals surface area (Å²) >= 11 is 0. The van der Waals surface area contributed by atoms with Crippen molar-refractivity contribution in [2.45, 2.75) is 13.8 Å². The summed E-state index contributed by atoms with van der Waals surface area (Å²) in [6.45, 7) is 3.63. The molecule has 1 amide bonds. The fourth-order valence-electron chi connectivity index (χ4n) is 1.14. The molecular formula is C12H14N2O3. The van der Waals surface area contributed by atoms with E-state index in [1.54, 1.807) is 32.0 Å². The Kier molecular flexibility index (Phi) is 4.87. The first-order valence-corrected chi connectivity index (χ1v) is 5.21. The number of allylic oxidation sites excluding steroid dienone is 1. The van der Waals surface area contributed by atoms with E-state index in [2.05, 4.69) is 10.3 Å². The molecule has 0 atom stereocenters. The van der Waals surface area contributed by atoms with E-state index in [1.807, 2.05) is 0 Å². The van der Waals surface area contributed by atoms with Crippen LogP contribution in [0.25, 0.3) is 0 Å². The van der Waals surface area contributed by atoms with Gasteiger partial charge in [-0.25, -0.2) is 4.79 Å². The van der Waals surface area contributed by atoms with Crippen LogP contribution < -0.4 is 5.32 Å². The Morgan fingerprint density at radius 2 is 2.24 bits per heavy atom. The summed E-state index contributed by atoms with van der Waals surface area (Å²) in [5.74, 6) is -0.838. The van der Waals surface area contributed by atoms with E-state index < -0.39 is 5.97 Å². The van der Waals surface area contributed by atoms with E-state index in [-0.39, 0.29) is 5.91 Å². The molecule has 1 rings (SSSR count). The van der Waals surface area contributed by atoms with E-state index in [4.69, 9.17) is 4.74 Å². The number of esters is 1. The van der Waals surface area contributed by atoms with Gasteiger partial charge in [-0.05, 0) is 26.0 Å². The number of nitrogens with one attached hydrogen (secondary N) is 1. The van der Waals surface area contributed by atoms with E-state index >= 15 is 0 Å². The van der Waals surface area contributed by atoms with Gasteiger partial charge in [0.25, 0.3) is 5.91 Å². The average molecular weight is 234 g/mol. The number of carbonyl (C=O) groups excluding carboxylic acids is 2. The lowest BCUT2D eigenvalue weighted by molar-refractivity contribution is -0.137. The van der Waals surface area contributed by atoms with Crippen molar-refractivity contribution in [1.29, 1.82) is 0 Å². The van der Waals surface area contributed by atoms with Gasteiger partial charge in [-0.1, -0.05) is 6.07 Å². The number of hydrogen-bond donors (Lipinski definition) is 1. The van der Waals surface area contributed by atoms with Crippen molar-refractivity contribution in [2.75, 3.05) is 6.61 Å². The Labute approximate surface area is 99.5 Å². The van der Waals surface area contributed by atoms with Crippen LogP contribution in [0.4, 0.5) is 0 Å². The second kappa shape index (κ2) is 6.42. The van der Waals surface area contributed by atoms with Gasteiger partial charge in [-0.15, -0.1) is 0 Å². The molecule has 5 heteroatoms. The van der Waals surface area contributed by atoms with E-state index in [0.717, 1.165) is 0 Å². The largest absolute Gasteiger partial charge is 0.463 e. The Morgan fingerprint density at radius 1 is 1.47 bits per heavy atom. The molecule has 1 heterocycles. The fraction of sp³-hybridized carbons (Fsp3) is 0.250. The molecule has 0 radical (unpaired) electrons. The van der Waals surface area contributed by atoms with E-state index in [9.17, 15) is 9.59 Å². The van der Waals surface area contributed by atoms with Crippen molar-refractivity contribution in [3.8, 4) is 0 Å². The number of ether oxygens (including phenoxy) is 1. The quantitative estimate of drug-likeness (QED) is 0.629. The third-order valence-electron chi connectivity index (χ3n) is 1.83. The minimum absolute atomic E-state index is 0.295. The minimum atomic E-state index is -0.480. The van der Waals surface area contributed by atoms with Crippen LogP contribution in [-0.4, -0.2) is 23.5 Å². The SMILES string of the molecule is CCOC(=O)/C=C(/C)NC(=O)c1ccccn1. The number of carbonyl (C=O) groups is 2. The molecule has 1 aromatic heterocycles. The highest BCUT2D eigenvalue weighted by atomic mass is 16.5. The zero-order valence-electron chi connectivity index (χ0n) is 9.77. The molecule has 0 aromatic carbocycles. The summed E-state index contributed by atoms with van der Waals surface area (Å²) in [6, 6.07) is 5.03. The molecule has 1 N–H and O–H groups in total. The van der Waals surface area contributed by atoms with Gasteiger partial charge in [0.2, 0.25) is 0 Å². The molecule has 0 aliphatic heterocycles. The summed E-state index contributed by atoms with van der Waals surface area (Å²) in [6.07, 6.45) is 2.75. The highest BCUT2D eigenvalue weighted by Crippen LogP contribution is 1.96. The van der Waals surface area contributed by atoms with Gasteiger partial charge in [0.15, 0.2) is 0 Å². The number of rotatable bonds is 4. The maximum atomic E-state index is 11.6. The van der Waals surface area contributed by atoms with Crippen molar-refractivity contribution in [3.63, 3.8) is 0 Å². The molecule has 0 fully saturated rings. The predicted molar refractivity (Wildman–Crippen MR) is 62.1 cm³/mol. The van der Waals surface area contributed by atoms with Crippen LogP contribution in [0.1, 0.15) is 24.3 Å². The van der Waals surface area contributed by atoms with Crippen molar-refractivity contribution in [3.05, 3.63) is 41.9 Å². The molecule has 1 aromatic rings.